The monoisotopic (exact) mass is 533 g/mol. The van der Waals surface area contributed by atoms with Gasteiger partial charge in [-0.25, -0.2) is 13.8 Å². The van der Waals surface area contributed by atoms with Crippen LogP contribution in [-0.2, 0) is 7.05 Å². The summed E-state index contributed by atoms with van der Waals surface area (Å²) in [6.07, 6.45) is 1.72. The summed E-state index contributed by atoms with van der Waals surface area (Å²) in [5, 5.41) is 6.86. The molecular weight excluding hydrogens is 504 g/mol. The number of fused-ring (bicyclic) bond motifs is 3. The second kappa shape index (κ2) is 9.29. The maximum Gasteiger partial charge on any atom is 0.298 e. The Morgan fingerprint density at radius 1 is 1.30 bits per heavy atom. The van der Waals surface area contributed by atoms with E-state index in [1.54, 1.807) is 31.4 Å². The Kier molecular flexibility index (Phi) is 6.39. The fourth-order valence-electron chi connectivity index (χ4n) is 5.29. The molecule has 37 heavy (non-hydrogen) atoms. The summed E-state index contributed by atoms with van der Waals surface area (Å²) in [4.78, 5) is 26.5. The van der Waals surface area contributed by atoms with Gasteiger partial charge in [-0.2, -0.15) is 4.98 Å². The number of benzene rings is 1. The zero-order chi connectivity index (χ0) is 26.6. The number of nitrogens with zero attached hydrogens (tertiary/aromatic N) is 5. The standard InChI is InChI=1S/C25H30ClF2N7O2/c1-13(2)22-33(4)10-14(3)35(22)24-29-9-17(26)21(32-24)31-15-6-7-18-16(8-15)19-20(23(36)34(18)5)37-12-25(27,28)11-30-19/h6-9,13-14,22,30H,10-12H2,1-5H3,(H,29,31,32). The number of halogens is 3. The van der Waals surface area contributed by atoms with E-state index in [1.165, 1.54) is 4.57 Å². The molecule has 198 valence electrons. The van der Waals surface area contributed by atoms with E-state index in [4.69, 9.17) is 21.3 Å². The first-order valence-electron chi connectivity index (χ1n) is 12.2. The fourth-order valence-corrected chi connectivity index (χ4v) is 5.43. The largest absolute Gasteiger partial charge is 0.480 e. The second-order valence-corrected chi connectivity index (χ2v) is 10.6. The molecule has 2 atom stereocenters. The molecule has 1 fully saturated rings. The lowest BCUT2D eigenvalue weighted by Crippen LogP contribution is -2.43. The van der Waals surface area contributed by atoms with Crippen LogP contribution in [0.1, 0.15) is 20.8 Å². The molecule has 0 aliphatic carbocycles. The number of aryl methyl sites for hydroxylation is 1. The zero-order valence-corrected chi connectivity index (χ0v) is 22.1. The van der Waals surface area contributed by atoms with E-state index in [-0.39, 0.29) is 23.6 Å². The number of rotatable bonds is 4. The van der Waals surface area contributed by atoms with Gasteiger partial charge in [-0.05, 0) is 38.1 Å². The molecule has 5 rings (SSSR count). The average molecular weight is 534 g/mol. The van der Waals surface area contributed by atoms with Crippen LogP contribution in [0.4, 0.5) is 31.9 Å². The van der Waals surface area contributed by atoms with Crippen LogP contribution in [0, 0.1) is 5.92 Å². The Morgan fingerprint density at radius 2 is 2.05 bits per heavy atom. The van der Waals surface area contributed by atoms with Crippen molar-refractivity contribution in [2.75, 3.05) is 42.3 Å². The van der Waals surface area contributed by atoms with Gasteiger partial charge in [0.05, 0.1) is 30.1 Å². The van der Waals surface area contributed by atoms with Crippen molar-refractivity contribution in [3.05, 3.63) is 39.8 Å². The molecule has 2 aromatic heterocycles. The van der Waals surface area contributed by atoms with E-state index in [0.29, 0.717) is 39.3 Å². The zero-order valence-electron chi connectivity index (χ0n) is 21.3. The maximum absolute atomic E-state index is 14.0. The van der Waals surface area contributed by atoms with Crippen LogP contribution in [0.2, 0.25) is 5.02 Å². The van der Waals surface area contributed by atoms with Gasteiger partial charge in [0.25, 0.3) is 11.5 Å². The van der Waals surface area contributed by atoms with Crippen LogP contribution < -0.4 is 25.8 Å². The van der Waals surface area contributed by atoms with Gasteiger partial charge < -0.3 is 24.8 Å². The molecule has 12 heteroatoms. The highest BCUT2D eigenvalue weighted by atomic mass is 35.5. The summed E-state index contributed by atoms with van der Waals surface area (Å²) in [6, 6.07) is 5.50. The molecule has 3 aromatic rings. The SMILES string of the molecule is CC(C)C1N(C)CC(C)N1c1ncc(Cl)c(Nc2ccc3c(c2)c2c(c(=O)n3C)OCC(F)(F)CN2)n1. The van der Waals surface area contributed by atoms with Crippen LogP contribution >= 0.6 is 11.6 Å². The number of anilines is 4. The first-order valence-corrected chi connectivity index (χ1v) is 12.5. The normalized spacial score (nSPS) is 21.5. The molecular formula is C25H30ClF2N7O2. The van der Waals surface area contributed by atoms with E-state index in [0.717, 1.165) is 6.54 Å². The molecule has 2 aliphatic rings. The van der Waals surface area contributed by atoms with Crippen molar-refractivity contribution in [3.63, 3.8) is 0 Å². The number of alkyl halides is 2. The Bertz CT molecular complexity index is 1410. The number of hydrogen-bond acceptors (Lipinski definition) is 8. The highest BCUT2D eigenvalue weighted by Gasteiger charge is 2.39. The number of aromatic nitrogens is 3. The minimum Gasteiger partial charge on any atom is -0.480 e. The van der Waals surface area contributed by atoms with Gasteiger partial charge in [0, 0.05) is 30.7 Å². The van der Waals surface area contributed by atoms with E-state index in [9.17, 15) is 13.6 Å². The van der Waals surface area contributed by atoms with Gasteiger partial charge in [0.15, 0.2) is 12.4 Å². The topological polar surface area (TPSA) is 87.5 Å². The maximum atomic E-state index is 14.0. The lowest BCUT2D eigenvalue weighted by molar-refractivity contribution is -0.0251. The van der Waals surface area contributed by atoms with Gasteiger partial charge in [-0.3, -0.25) is 9.69 Å². The molecule has 4 heterocycles. The molecule has 0 spiro atoms. The van der Waals surface area contributed by atoms with Crippen molar-refractivity contribution in [2.24, 2.45) is 13.0 Å². The van der Waals surface area contributed by atoms with Gasteiger partial charge in [0.2, 0.25) is 11.7 Å². The summed E-state index contributed by atoms with van der Waals surface area (Å²) in [6.45, 7) is 5.86. The highest BCUT2D eigenvalue weighted by molar-refractivity contribution is 6.33. The molecule has 0 amide bonds. The molecule has 2 N–H and O–H groups in total. The minimum atomic E-state index is -3.11. The first-order chi connectivity index (χ1) is 17.5. The van der Waals surface area contributed by atoms with Crippen LogP contribution in [0.25, 0.3) is 10.9 Å². The molecule has 9 nitrogen and oxygen atoms in total. The van der Waals surface area contributed by atoms with Crippen molar-refractivity contribution < 1.29 is 13.5 Å². The second-order valence-electron chi connectivity index (χ2n) is 10.1. The first kappa shape index (κ1) is 25.5. The average Bonchev–Trinajstić information content (AvgIpc) is 3.04. The third-order valence-corrected chi connectivity index (χ3v) is 7.17. The highest BCUT2D eigenvalue weighted by Crippen LogP contribution is 2.37. The van der Waals surface area contributed by atoms with Gasteiger partial charge in [0.1, 0.15) is 5.02 Å². The smallest absolute Gasteiger partial charge is 0.298 e. The number of pyridine rings is 1. The van der Waals surface area contributed by atoms with E-state index < -0.39 is 24.6 Å². The van der Waals surface area contributed by atoms with E-state index in [1.807, 2.05) is 0 Å². The van der Waals surface area contributed by atoms with Crippen LogP contribution in [0.15, 0.2) is 29.2 Å². The molecule has 0 radical (unpaired) electrons. The molecule has 2 aliphatic heterocycles. The summed E-state index contributed by atoms with van der Waals surface area (Å²) in [5.41, 5.74) is 0.937. The minimum absolute atomic E-state index is 0.126. The summed E-state index contributed by atoms with van der Waals surface area (Å²) >= 11 is 6.47. The van der Waals surface area contributed by atoms with E-state index >= 15 is 0 Å². The number of likely N-dealkylation sites (N-methyl/N-ethyl adjacent to an activating group) is 1. The third-order valence-electron chi connectivity index (χ3n) is 6.89. The number of hydrogen-bond donors (Lipinski definition) is 2. The summed E-state index contributed by atoms with van der Waals surface area (Å²) in [7, 11) is 3.67. The Hall–Kier alpha value is -3.18. The lowest BCUT2D eigenvalue weighted by atomic mass is 10.1. The fraction of sp³-hybridized carbons (Fsp3) is 0.480. The molecule has 2 unspecified atom stereocenters. The Morgan fingerprint density at radius 3 is 2.78 bits per heavy atom. The molecule has 1 aromatic carbocycles. The molecule has 0 bridgehead atoms. The Labute approximate surface area is 218 Å². The van der Waals surface area contributed by atoms with Crippen LogP contribution in [0.5, 0.6) is 5.75 Å². The van der Waals surface area contributed by atoms with Crippen molar-refractivity contribution in [1.82, 2.24) is 19.4 Å². The molecule has 1 saturated heterocycles. The molecule has 0 saturated carbocycles. The predicted molar refractivity (Wildman–Crippen MR) is 142 cm³/mol. The lowest BCUT2D eigenvalue weighted by Gasteiger charge is -2.33. The van der Waals surface area contributed by atoms with E-state index in [2.05, 4.69) is 53.2 Å². The third kappa shape index (κ3) is 4.54. The van der Waals surface area contributed by atoms with Crippen molar-refractivity contribution >= 4 is 45.6 Å². The van der Waals surface area contributed by atoms with Gasteiger partial charge in [-0.15, -0.1) is 0 Å². The van der Waals surface area contributed by atoms with Crippen molar-refractivity contribution in [3.8, 4) is 5.75 Å². The van der Waals surface area contributed by atoms with Crippen molar-refractivity contribution in [1.29, 1.82) is 0 Å². The summed E-state index contributed by atoms with van der Waals surface area (Å²) < 4.78 is 34.7. The van der Waals surface area contributed by atoms with Crippen LogP contribution in [-0.4, -0.2) is 64.3 Å². The van der Waals surface area contributed by atoms with Crippen molar-refractivity contribution in [2.45, 2.75) is 38.9 Å². The van der Waals surface area contributed by atoms with Gasteiger partial charge >= 0.3 is 0 Å². The van der Waals surface area contributed by atoms with Crippen LogP contribution in [0.3, 0.4) is 0 Å². The Balaban J connectivity index is 1.54. The number of nitrogens with one attached hydrogen (secondary N) is 2. The quantitative estimate of drug-likeness (QED) is 0.514. The van der Waals surface area contributed by atoms with Gasteiger partial charge in [-0.1, -0.05) is 25.4 Å². The predicted octanol–water partition coefficient (Wildman–Crippen LogP) is 4.29. The number of ether oxygens (including phenoxy) is 1. The summed E-state index contributed by atoms with van der Waals surface area (Å²) in [5.74, 6) is -1.89.